The van der Waals surface area contributed by atoms with Crippen molar-refractivity contribution in [2.45, 2.75) is 50.5 Å². The summed E-state index contributed by atoms with van der Waals surface area (Å²) in [5, 5.41) is 3.35. The molecule has 1 fully saturated rings. The Labute approximate surface area is 128 Å². The van der Waals surface area contributed by atoms with Gasteiger partial charge in [-0.15, -0.1) is 0 Å². The van der Waals surface area contributed by atoms with Gasteiger partial charge in [0.2, 0.25) is 10.0 Å². The zero-order chi connectivity index (χ0) is 15.3. The normalized spacial score (nSPS) is 16.1. The zero-order valence-corrected chi connectivity index (χ0v) is 13.7. The third-order valence-electron chi connectivity index (χ3n) is 3.99. The minimum atomic E-state index is -3.35. The summed E-state index contributed by atoms with van der Waals surface area (Å²) < 4.78 is 27.1. The van der Waals surface area contributed by atoms with Crippen LogP contribution in [-0.4, -0.2) is 27.5 Å². The molecule has 0 spiro atoms. The van der Waals surface area contributed by atoms with Gasteiger partial charge in [0.05, 0.1) is 4.90 Å². The van der Waals surface area contributed by atoms with Gasteiger partial charge < -0.3 is 5.32 Å². The Kier molecular flexibility index (Phi) is 5.79. The molecule has 118 valence electrons. The van der Waals surface area contributed by atoms with Crippen molar-refractivity contribution in [2.24, 2.45) is 5.92 Å². The Morgan fingerprint density at radius 1 is 1.19 bits per heavy atom. The first-order valence-electron chi connectivity index (χ1n) is 7.79. The molecule has 4 nitrogen and oxygen atoms in total. The number of sulfonamides is 1. The first-order valence-corrected chi connectivity index (χ1v) is 9.27. The third kappa shape index (κ3) is 5.09. The molecule has 0 bridgehead atoms. The zero-order valence-electron chi connectivity index (χ0n) is 12.9. The van der Waals surface area contributed by atoms with E-state index in [1.807, 2.05) is 12.1 Å². The monoisotopic (exact) mass is 310 g/mol. The summed E-state index contributed by atoms with van der Waals surface area (Å²) in [5.74, 6) is 0.529. The van der Waals surface area contributed by atoms with Crippen LogP contribution in [0.3, 0.4) is 0 Å². The highest BCUT2D eigenvalue weighted by atomic mass is 32.2. The van der Waals surface area contributed by atoms with E-state index in [0.717, 1.165) is 31.4 Å². The van der Waals surface area contributed by atoms with Gasteiger partial charge in [0.25, 0.3) is 0 Å². The van der Waals surface area contributed by atoms with Crippen LogP contribution in [0.2, 0.25) is 0 Å². The Morgan fingerprint density at radius 2 is 1.86 bits per heavy atom. The van der Waals surface area contributed by atoms with Crippen molar-refractivity contribution in [1.82, 2.24) is 10.0 Å². The van der Waals surface area contributed by atoms with Gasteiger partial charge in [-0.1, -0.05) is 32.4 Å². The van der Waals surface area contributed by atoms with Crippen molar-refractivity contribution < 1.29 is 8.42 Å². The van der Waals surface area contributed by atoms with Crippen LogP contribution >= 0.6 is 0 Å². The largest absolute Gasteiger partial charge is 0.314 e. The number of hydrogen-bond acceptors (Lipinski definition) is 3. The summed E-state index contributed by atoms with van der Waals surface area (Å²) in [6.45, 7) is 5.71. The molecular weight excluding hydrogens is 284 g/mol. The molecule has 2 N–H and O–H groups in total. The third-order valence-corrected chi connectivity index (χ3v) is 5.43. The van der Waals surface area contributed by atoms with Crippen LogP contribution in [0, 0.1) is 5.92 Å². The van der Waals surface area contributed by atoms with Crippen LogP contribution in [0.25, 0.3) is 0 Å². The first-order chi connectivity index (χ1) is 9.97. The lowest BCUT2D eigenvalue weighted by atomic mass is 9.86. The van der Waals surface area contributed by atoms with Crippen LogP contribution in [0.4, 0.5) is 0 Å². The maximum Gasteiger partial charge on any atom is 0.240 e. The van der Waals surface area contributed by atoms with Gasteiger partial charge in [0, 0.05) is 12.6 Å². The summed E-state index contributed by atoms with van der Waals surface area (Å²) in [5.41, 5.74) is 1.15. The topological polar surface area (TPSA) is 58.2 Å². The van der Waals surface area contributed by atoms with Crippen molar-refractivity contribution >= 4 is 10.0 Å². The molecule has 0 aromatic heterocycles. The fourth-order valence-electron chi connectivity index (χ4n) is 2.35. The molecule has 1 saturated carbocycles. The van der Waals surface area contributed by atoms with Crippen LogP contribution in [0.5, 0.6) is 0 Å². The fourth-order valence-corrected chi connectivity index (χ4v) is 3.46. The van der Waals surface area contributed by atoms with Crippen LogP contribution in [-0.2, 0) is 16.4 Å². The van der Waals surface area contributed by atoms with Crippen LogP contribution < -0.4 is 10.0 Å². The van der Waals surface area contributed by atoms with Crippen molar-refractivity contribution in [3.63, 3.8) is 0 Å². The van der Waals surface area contributed by atoms with E-state index >= 15 is 0 Å². The molecule has 0 heterocycles. The smallest absolute Gasteiger partial charge is 0.240 e. The molecule has 1 aliphatic carbocycles. The van der Waals surface area contributed by atoms with Gasteiger partial charge in [0.1, 0.15) is 0 Å². The predicted octanol–water partition coefficient (Wildman–Crippen LogP) is 2.31. The van der Waals surface area contributed by atoms with Crippen LogP contribution in [0.1, 0.15) is 38.7 Å². The molecule has 0 aliphatic heterocycles. The van der Waals surface area contributed by atoms with Gasteiger partial charge >= 0.3 is 0 Å². The number of benzene rings is 1. The summed E-state index contributed by atoms with van der Waals surface area (Å²) in [4.78, 5) is 0.363. The standard InChI is InChI=1S/C16H26N2O2S/c1-13(2)17-11-10-14-6-8-16(9-7-14)21(19,20)18-12-15-4-3-5-15/h6-9,13,15,17-18H,3-5,10-12H2,1-2H3. The highest BCUT2D eigenvalue weighted by Gasteiger charge is 2.21. The van der Waals surface area contributed by atoms with Crippen molar-refractivity contribution in [1.29, 1.82) is 0 Å². The average molecular weight is 310 g/mol. The minimum Gasteiger partial charge on any atom is -0.314 e. The van der Waals surface area contributed by atoms with Crippen molar-refractivity contribution in [2.75, 3.05) is 13.1 Å². The maximum absolute atomic E-state index is 12.2. The first kappa shape index (κ1) is 16.5. The molecule has 2 rings (SSSR count). The summed E-state index contributed by atoms with van der Waals surface area (Å²) in [6, 6.07) is 7.68. The van der Waals surface area contributed by atoms with Gasteiger partial charge in [-0.2, -0.15) is 0 Å². The lowest BCUT2D eigenvalue weighted by Gasteiger charge is -2.25. The highest BCUT2D eigenvalue weighted by molar-refractivity contribution is 7.89. The molecule has 0 atom stereocenters. The number of rotatable bonds is 8. The second-order valence-electron chi connectivity index (χ2n) is 6.15. The lowest BCUT2D eigenvalue weighted by molar-refractivity contribution is 0.316. The summed E-state index contributed by atoms with van der Waals surface area (Å²) in [6.07, 6.45) is 4.42. The van der Waals surface area contributed by atoms with E-state index in [-0.39, 0.29) is 0 Å². The molecule has 0 saturated heterocycles. The number of hydrogen-bond donors (Lipinski definition) is 2. The lowest BCUT2D eigenvalue weighted by Crippen LogP contribution is -2.32. The van der Waals surface area contributed by atoms with Crippen molar-refractivity contribution in [3.8, 4) is 0 Å². The molecule has 1 aliphatic rings. The molecule has 21 heavy (non-hydrogen) atoms. The Morgan fingerprint density at radius 3 is 2.38 bits per heavy atom. The Balaban J connectivity index is 1.87. The molecule has 0 unspecified atom stereocenters. The highest BCUT2D eigenvalue weighted by Crippen LogP contribution is 2.25. The number of nitrogens with one attached hydrogen (secondary N) is 2. The Bertz CT molecular complexity index is 534. The van der Waals surface area contributed by atoms with E-state index in [9.17, 15) is 8.42 Å². The second kappa shape index (κ2) is 7.38. The molecule has 5 heteroatoms. The van der Waals surface area contributed by atoms with Crippen molar-refractivity contribution in [3.05, 3.63) is 29.8 Å². The van der Waals surface area contributed by atoms with E-state index in [1.54, 1.807) is 12.1 Å². The molecule has 0 amide bonds. The van der Waals surface area contributed by atoms with Gasteiger partial charge in [-0.05, 0) is 49.4 Å². The maximum atomic E-state index is 12.2. The minimum absolute atomic E-state index is 0.363. The Hall–Kier alpha value is -0.910. The van der Waals surface area contributed by atoms with E-state index < -0.39 is 10.0 Å². The van der Waals surface area contributed by atoms with E-state index in [4.69, 9.17) is 0 Å². The molecule has 1 aromatic carbocycles. The van der Waals surface area contributed by atoms with Gasteiger partial charge in [-0.25, -0.2) is 13.1 Å². The molecular formula is C16H26N2O2S. The van der Waals surface area contributed by atoms with E-state index in [0.29, 0.717) is 23.4 Å². The van der Waals surface area contributed by atoms with E-state index in [2.05, 4.69) is 23.9 Å². The second-order valence-corrected chi connectivity index (χ2v) is 7.92. The summed E-state index contributed by atoms with van der Waals surface area (Å²) >= 11 is 0. The quantitative estimate of drug-likeness (QED) is 0.774. The van der Waals surface area contributed by atoms with Crippen LogP contribution in [0.15, 0.2) is 29.2 Å². The average Bonchev–Trinajstić information content (AvgIpc) is 2.37. The summed E-state index contributed by atoms with van der Waals surface area (Å²) in [7, 11) is -3.35. The fraction of sp³-hybridized carbons (Fsp3) is 0.625. The van der Waals surface area contributed by atoms with E-state index in [1.165, 1.54) is 6.42 Å². The molecule has 0 radical (unpaired) electrons. The molecule has 1 aromatic rings. The van der Waals surface area contributed by atoms with Gasteiger partial charge in [0.15, 0.2) is 0 Å². The SMILES string of the molecule is CC(C)NCCc1ccc(S(=O)(=O)NCC2CCC2)cc1. The van der Waals surface area contributed by atoms with Gasteiger partial charge in [-0.3, -0.25) is 0 Å². The predicted molar refractivity (Wildman–Crippen MR) is 85.8 cm³/mol.